The Morgan fingerprint density at radius 2 is 2.24 bits per heavy atom. The lowest BCUT2D eigenvalue weighted by molar-refractivity contribution is 0.139. The highest BCUT2D eigenvalue weighted by Gasteiger charge is 2.22. The first-order valence-corrected chi connectivity index (χ1v) is 5.98. The highest BCUT2D eigenvalue weighted by molar-refractivity contribution is 5.03. The molecule has 1 atom stereocenters. The second kappa shape index (κ2) is 6.69. The number of hydrogen-bond donors (Lipinski definition) is 2. The zero-order valence-corrected chi connectivity index (χ0v) is 11.0. The Balaban J connectivity index is 2.37. The van der Waals surface area contributed by atoms with Crippen molar-refractivity contribution in [2.75, 3.05) is 33.8 Å². The summed E-state index contributed by atoms with van der Waals surface area (Å²) in [6, 6.07) is 5.97. The standard InChI is InChI=1S/C13H23N3O/c1-13(11-17,14-2)10-16(3)9-7-12-6-4-5-8-15-12/h4-6,8,14,17H,7,9-11H2,1-3H3. The Hall–Kier alpha value is -0.970. The molecule has 0 saturated heterocycles. The van der Waals surface area contributed by atoms with Crippen LogP contribution in [0.4, 0.5) is 0 Å². The number of aromatic nitrogens is 1. The Morgan fingerprint density at radius 1 is 1.47 bits per heavy atom. The van der Waals surface area contributed by atoms with Crippen LogP contribution in [0, 0.1) is 0 Å². The quantitative estimate of drug-likeness (QED) is 0.726. The van der Waals surface area contributed by atoms with Crippen molar-refractivity contribution in [2.24, 2.45) is 0 Å². The maximum absolute atomic E-state index is 9.32. The number of hydrogen-bond acceptors (Lipinski definition) is 4. The van der Waals surface area contributed by atoms with Gasteiger partial charge in [0.15, 0.2) is 0 Å². The number of rotatable bonds is 7. The lowest BCUT2D eigenvalue weighted by Crippen LogP contribution is -2.52. The van der Waals surface area contributed by atoms with Crippen LogP contribution >= 0.6 is 0 Å². The number of nitrogens with one attached hydrogen (secondary N) is 1. The third-order valence-corrected chi connectivity index (χ3v) is 3.05. The van der Waals surface area contributed by atoms with E-state index in [0.717, 1.165) is 25.2 Å². The smallest absolute Gasteiger partial charge is 0.0623 e. The molecule has 0 saturated carbocycles. The average Bonchev–Trinajstić information content (AvgIpc) is 2.37. The summed E-state index contributed by atoms with van der Waals surface area (Å²) >= 11 is 0. The summed E-state index contributed by atoms with van der Waals surface area (Å²) in [6.45, 7) is 3.91. The number of aliphatic hydroxyl groups excluding tert-OH is 1. The molecular weight excluding hydrogens is 214 g/mol. The van der Waals surface area contributed by atoms with Crippen LogP contribution in [0.2, 0.25) is 0 Å². The molecule has 1 aromatic heterocycles. The van der Waals surface area contributed by atoms with Gasteiger partial charge in [-0.15, -0.1) is 0 Å². The summed E-state index contributed by atoms with van der Waals surface area (Å²) < 4.78 is 0. The van der Waals surface area contributed by atoms with Crippen molar-refractivity contribution in [3.8, 4) is 0 Å². The Labute approximate surface area is 104 Å². The largest absolute Gasteiger partial charge is 0.394 e. The highest BCUT2D eigenvalue weighted by atomic mass is 16.3. The fourth-order valence-corrected chi connectivity index (χ4v) is 1.73. The van der Waals surface area contributed by atoms with Crippen LogP contribution in [0.15, 0.2) is 24.4 Å². The monoisotopic (exact) mass is 237 g/mol. The van der Waals surface area contributed by atoms with E-state index in [1.54, 1.807) is 0 Å². The van der Waals surface area contributed by atoms with Crippen molar-refractivity contribution in [3.05, 3.63) is 30.1 Å². The molecule has 0 radical (unpaired) electrons. The van der Waals surface area contributed by atoms with Crippen LogP contribution in [-0.2, 0) is 6.42 Å². The van der Waals surface area contributed by atoms with Crippen molar-refractivity contribution < 1.29 is 5.11 Å². The zero-order chi connectivity index (χ0) is 12.7. The summed E-state index contributed by atoms with van der Waals surface area (Å²) in [5.41, 5.74) is 0.869. The lowest BCUT2D eigenvalue weighted by atomic mass is 10.0. The minimum Gasteiger partial charge on any atom is -0.394 e. The molecule has 0 bridgehead atoms. The van der Waals surface area contributed by atoms with E-state index < -0.39 is 0 Å². The van der Waals surface area contributed by atoms with Gasteiger partial charge in [0.05, 0.1) is 12.1 Å². The van der Waals surface area contributed by atoms with Gasteiger partial charge in [-0.2, -0.15) is 0 Å². The van der Waals surface area contributed by atoms with Gasteiger partial charge in [-0.1, -0.05) is 6.07 Å². The molecule has 0 aliphatic heterocycles. The van der Waals surface area contributed by atoms with E-state index in [1.807, 2.05) is 38.4 Å². The number of pyridine rings is 1. The van der Waals surface area contributed by atoms with Gasteiger partial charge in [-0.3, -0.25) is 4.98 Å². The topological polar surface area (TPSA) is 48.4 Å². The van der Waals surface area contributed by atoms with Gasteiger partial charge < -0.3 is 15.3 Å². The summed E-state index contributed by atoms with van der Waals surface area (Å²) in [4.78, 5) is 6.51. The highest BCUT2D eigenvalue weighted by Crippen LogP contribution is 2.05. The van der Waals surface area contributed by atoms with Crippen LogP contribution in [-0.4, -0.2) is 54.3 Å². The molecule has 1 rings (SSSR count). The Kier molecular flexibility index (Phi) is 5.55. The lowest BCUT2D eigenvalue weighted by Gasteiger charge is -2.31. The fourth-order valence-electron chi connectivity index (χ4n) is 1.73. The maximum atomic E-state index is 9.32. The van der Waals surface area contributed by atoms with E-state index in [2.05, 4.69) is 22.2 Å². The first-order valence-electron chi connectivity index (χ1n) is 5.98. The molecule has 0 amide bonds. The molecule has 1 aromatic rings. The van der Waals surface area contributed by atoms with E-state index in [9.17, 15) is 5.11 Å². The third-order valence-electron chi connectivity index (χ3n) is 3.05. The van der Waals surface area contributed by atoms with Crippen LogP contribution in [0.1, 0.15) is 12.6 Å². The van der Waals surface area contributed by atoms with Gasteiger partial charge in [-0.05, 0) is 33.2 Å². The normalized spacial score (nSPS) is 14.9. The van der Waals surface area contributed by atoms with Crippen molar-refractivity contribution in [1.29, 1.82) is 0 Å². The van der Waals surface area contributed by atoms with E-state index in [4.69, 9.17) is 0 Å². The molecule has 0 aliphatic rings. The molecule has 1 heterocycles. The fraction of sp³-hybridized carbons (Fsp3) is 0.615. The summed E-state index contributed by atoms with van der Waals surface area (Å²) in [5, 5.41) is 12.5. The van der Waals surface area contributed by atoms with Crippen molar-refractivity contribution >= 4 is 0 Å². The number of likely N-dealkylation sites (N-methyl/N-ethyl adjacent to an activating group) is 2. The summed E-state index contributed by atoms with van der Waals surface area (Å²) in [7, 11) is 3.94. The van der Waals surface area contributed by atoms with Crippen LogP contribution in [0.5, 0.6) is 0 Å². The number of nitrogens with zero attached hydrogens (tertiary/aromatic N) is 2. The van der Waals surface area contributed by atoms with Crippen molar-refractivity contribution in [2.45, 2.75) is 18.9 Å². The second-order valence-corrected chi connectivity index (χ2v) is 4.78. The molecule has 4 heteroatoms. The van der Waals surface area contributed by atoms with E-state index in [0.29, 0.717) is 0 Å². The molecule has 2 N–H and O–H groups in total. The molecular formula is C13H23N3O. The van der Waals surface area contributed by atoms with E-state index in [-0.39, 0.29) is 12.1 Å². The summed E-state index contributed by atoms with van der Waals surface area (Å²) in [6.07, 6.45) is 2.75. The molecule has 0 spiro atoms. The zero-order valence-electron chi connectivity index (χ0n) is 11.0. The van der Waals surface area contributed by atoms with Gasteiger partial charge in [-0.25, -0.2) is 0 Å². The molecule has 0 aromatic carbocycles. The first kappa shape index (κ1) is 14.1. The van der Waals surface area contributed by atoms with Gasteiger partial charge in [0, 0.05) is 31.4 Å². The summed E-state index contributed by atoms with van der Waals surface area (Å²) in [5.74, 6) is 0. The predicted octanol–water partition coefficient (Wildman–Crippen LogP) is 0.526. The van der Waals surface area contributed by atoms with Crippen LogP contribution in [0.25, 0.3) is 0 Å². The second-order valence-electron chi connectivity index (χ2n) is 4.78. The Morgan fingerprint density at radius 3 is 2.76 bits per heavy atom. The molecule has 0 fully saturated rings. The van der Waals surface area contributed by atoms with Crippen molar-refractivity contribution in [1.82, 2.24) is 15.2 Å². The number of aliphatic hydroxyl groups is 1. The van der Waals surface area contributed by atoms with Gasteiger partial charge in [0.25, 0.3) is 0 Å². The SMILES string of the molecule is CNC(C)(CO)CN(C)CCc1ccccn1. The van der Waals surface area contributed by atoms with E-state index in [1.165, 1.54) is 0 Å². The van der Waals surface area contributed by atoms with Gasteiger partial charge >= 0.3 is 0 Å². The maximum Gasteiger partial charge on any atom is 0.0623 e. The van der Waals surface area contributed by atoms with Crippen LogP contribution in [0.3, 0.4) is 0 Å². The van der Waals surface area contributed by atoms with Gasteiger partial charge in [0.1, 0.15) is 0 Å². The first-order chi connectivity index (χ1) is 8.09. The van der Waals surface area contributed by atoms with Crippen LogP contribution < -0.4 is 5.32 Å². The minimum absolute atomic E-state index is 0.136. The van der Waals surface area contributed by atoms with Gasteiger partial charge in [0.2, 0.25) is 0 Å². The molecule has 4 nitrogen and oxygen atoms in total. The third kappa shape index (κ3) is 4.81. The average molecular weight is 237 g/mol. The van der Waals surface area contributed by atoms with Crippen molar-refractivity contribution in [3.63, 3.8) is 0 Å². The molecule has 96 valence electrons. The molecule has 0 aliphatic carbocycles. The predicted molar refractivity (Wildman–Crippen MR) is 70.0 cm³/mol. The minimum atomic E-state index is -0.237. The Bertz CT molecular complexity index is 312. The van der Waals surface area contributed by atoms with E-state index >= 15 is 0 Å². The molecule has 17 heavy (non-hydrogen) atoms. The molecule has 1 unspecified atom stereocenters.